The van der Waals surface area contributed by atoms with Crippen molar-refractivity contribution in [2.75, 3.05) is 5.32 Å². The molecule has 2 aromatic carbocycles. The number of nitrogens with one attached hydrogen (secondary N) is 1. The molecule has 1 aromatic heterocycles. The van der Waals surface area contributed by atoms with Crippen LogP contribution in [0, 0.1) is 0 Å². The fourth-order valence-electron chi connectivity index (χ4n) is 3.54. The van der Waals surface area contributed by atoms with Crippen molar-refractivity contribution in [1.29, 1.82) is 0 Å². The molecular formula is C22H24N4O. The van der Waals surface area contributed by atoms with Gasteiger partial charge in [-0.1, -0.05) is 49.4 Å². The molecule has 5 heteroatoms. The third-order valence-electron chi connectivity index (χ3n) is 5.18. The summed E-state index contributed by atoms with van der Waals surface area (Å²) in [6.45, 7) is 4.91. The topological polar surface area (TPSA) is 50.2 Å². The third-order valence-corrected chi connectivity index (χ3v) is 5.18. The van der Waals surface area contributed by atoms with E-state index < -0.39 is 0 Å². The predicted octanol–water partition coefficient (Wildman–Crippen LogP) is 4.30. The summed E-state index contributed by atoms with van der Waals surface area (Å²) in [5.41, 5.74) is 3.80. The van der Waals surface area contributed by atoms with Crippen LogP contribution in [-0.2, 0) is 6.54 Å². The van der Waals surface area contributed by atoms with Gasteiger partial charge in [0.2, 0.25) is 0 Å². The van der Waals surface area contributed by atoms with Gasteiger partial charge in [-0.05, 0) is 31.0 Å². The lowest BCUT2D eigenvalue weighted by Crippen LogP contribution is -2.47. The van der Waals surface area contributed by atoms with Crippen molar-refractivity contribution in [2.24, 2.45) is 0 Å². The molecule has 0 saturated heterocycles. The Bertz CT molecular complexity index is 934. The number of rotatable bonds is 5. The van der Waals surface area contributed by atoms with Gasteiger partial charge in [-0.3, -0.25) is 9.48 Å². The number of fused-ring (bicyclic) bond motifs is 1. The van der Waals surface area contributed by atoms with E-state index in [0.717, 1.165) is 23.2 Å². The van der Waals surface area contributed by atoms with Crippen molar-refractivity contribution in [3.05, 3.63) is 83.7 Å². The molecule has 0 radical (unpaired) electrons. The van der Waals surface area contributed by atoms with Gasteiger partial charge in [0.05, 0.1) is 18.3 Å². The van der Waals surface area contributed by atoms with Gasteiger partial charge in [-0.15, -0.1) is 0 Å². The number of aromatic nitrogens is 2. The molecule has 1 N–H and O–H groups in total. The molecule has 2 atom stereocenters. The fourth-order valence-corrected chi connectivity index (χ4v) is 3.54. The zero-order valence-electron chi connectivity index (χ0n) is 15.7. The number of carbonyl (C=O) groups is 1. The summed E-state index contributed by atoms with van der Waals surface area (Å²) in [5.74, 6) is 0.0690. The summed E-state index contributed by atoms with van der Waals surface area (Å²) in [6, 6.07) is 18.1. The second-order valence-corrected chi connectivity index (χ2v) is 7.02. The maximum absolute atomic E-state index is 13.2. The van der Waals surface area contributed by atoms with Gasteiger partial charge < -0.3 is 10.2 Å². The summed E-state index contributed by atoms with van der Waals surface area (Å²) in [7, 11) is 0. The molecule has 1 aliphatic rings. The van der Waals surface area contributed by atoms with E-state index in [4.69, 9.17) is 0 Å². The Hall–Kier alpha value is -3.08. The highest BCUT2D eigenvalue weighted by molar-refractivity contribution is 6.01. The maximum atomic E-state index is 13.2. The van der Waals surface area contributed by atoms with Crippen LogP contribution in [0.3, 0.4) is 0 Å². The normalized spacial score (nSPS) is 17.3. The molecule has 1 aliphatic heterocycles. The smallest absolute Gasteiger partial charge is 0.258 e. The molecule has 0 spiro atoms. The van der Waals surface area contributed by atoms with Crippen LogP contribution in [0.15, 0.2) is 67.0 Å². The van der Waals surface area contributed by atoms with E-state index >= 15 is 0 Å². The molecule has 0 fully saturated rings. The van der Waals surface area contributed by atoms with Gasteiger partial charge in [0.15, 0.2) is 0 Å². The number of hydrogen-bond donors (Lipinski definition) is 1. The van der Waals surface area contributed by atoms with Crippen LogP contribution >= 0.6 is 0 Å². The van der Waals surface area contributed by atoms with Crippen LogP contribution < -0.4 is 5.32 Å². The van der Waals surface area contributed by atoms with Crippen LogP contribution in [0.5, 0.6) is 0 Å². The Morgan fingerprint density at radius 2 is 1.85 bits per heavy atom. The number of carbonyl (C=O) groups excluding carboxylic acids is 1. The van der Waals surface area contributed by atoms with Crippen LogP contribution in [0.4, 0.5) is 5.69 Å². The van der Waals surface area contributed by atoms with Crippen LogP contribution in [0.1, 0.15) is 47.9 Å². The first-order valence-electron chi connectivity index (χ1n) is 9.42. The first-order valence-corrected chi connectivity index (χ1v) is 9.42. The van der Waals surface area contributed by atoms with Gasteiger partial charge in [0.1, 0.15) is 6.17 Å². The Balaban J connectivity index is 1.66. The number of benzene rings is 2. The maximum Gasteiger partial charge on any atom is 0.258 e. The number of para-hydroxylation sites is 1. The van der Waals surface area contributed by atoms with E-state index in [-0.39, 0.29) is 18.1 Å². The molecule has 138 valence electrons. The summed E-state index contributed by atoms with van der Waals surface area (Å²) in [5, 5.41) is 8.06. The first-order chi connectivity index (χ1) is 13.2. The molecule has 5 nitrogen and oxygen atoms in total. The van der Waals surface area contributed by atoms with Crippen LogP contribution in [0.2, 0.25) is 0 Å². The predicted molar refractivity (Wildman–Crippen MR) is 106 cm³/mol. The SMILES string of the molecule is CC[C@H](C)N1C(=O)c2ccccc2N[C@@H]1c1cnn(Cc2ccccc2)c1. The number of amides is 1. The molecule has 0 bridgehead atoms. The van der Waals surface area contributed by atoms with E-state index in [2.05, 4.69) is 36.4 Å². The van der Waals surface area contributed by atoms with Gasteiger partial charge in [-0.2, -0.15) is 5.10 Å². The second-order valence-electron chi connectivity index (χ2n) is 7.02. The highest BCUT2D eigenvalue weighted by atomic mass is 16.2. The zero-order valence-corrected chi connectivity index (χ0v) is 15.7. The van der Waals surface area contributed by atoms with Gasteiger partial charge in [0.25, 0.3) is 5.91 Å². The summed E-state index contributed by atoms with van der Waals surface area (Å²) in [6.07, 6.45) is 4.56. The van der Waals surface area contributed by atoms with Crippen molar-refractivity contribution < 1.29 is 4.79 Å². The standard InChI is InChI=1S/C22H24N4O/c1-3-16(2)26-21(24-20-12-8-7-11-19(20)22(26)27)18-13-23-25(15-18)14-17-9-5-4-6-10-17/h4-13,15-16,21,24H,3,14H2,1-2H3/t16-,21-/m0/s1. The summed E-state index contributed by atoms with van der Waals surface area (Å²) < 4.78 is 1.92. The largest absolute Gasteiger partial charge is 0.361 e. The number of hydrogen-bond acceptors (Lipinski definition) is 3. The molecule has 4 rings (SSSR count). The lowest BCUT2D eigenvalue weighted by atomic mass is 10.0. The monoisotopic (exact) mass is 360 g/mol. The van der Waals surface area contributed by atoms with Crippen molar-refractivity contribution in [3.63, 3.8) is 0 Å². The van der Waals surface area contributed by atoms with Gasteiger partial charge in [-0.25, -0.2) is 0 Å². The molecule has 1 amide bonds. The average molecular weight is 360 g/mol. The molecule has 2 heterocycles. The molecule has 3 aromatic rings. The van der Waals surface area contributed by atoms with E-state index in [1.54, 1.807) is 0 Å². The van der Waals surface area contributed by atoms with Crippen LogP contribution in [-0.4, -0.2) is 26.6 Å². The molecule has 0 aliphatic carbocycles. The molecule has 0 unspecified atom stereocenters. The van der Waals surface area contributed by atoms with E-state index in [0.29, 0.717) is 6.54 Å². The van der Waals surface area contributed by atoms with Crippen molar-refractivity contribution in [1.82, 2.24) is 14.7 Å². The minimum absolute atomic E-state index is 0.0690. The van der Waals surface area contributed by atoms with Gasteiger partial charge >= 0.3 is 0 Å². The summed E-state index contributed by atoms with van der Waals surface area (Å²) in [4.78, 5) is 15.1. The van der Waals surface area contributed by atoms with E-state index in [9.17, 15) is 4.79 Å². The molecule has 0 saturated carbocycles. The molecule has 27 heavy (non-hydrogen) atoms. The highest BCUT2D eigenvalue weighted by Crippen LogP contribution is 2.34. The quantitative estimate of drug-likeness (QED) is 0.738. The Morgan fingerprint density at radius 1 is 1.11 bits per heavy atom. The van der Waals surface area contributed by atoms with Crippen molar-refractivity contribution >= 4 is 11.6 Å². The van der Waals surface area contributed by atoms with Gasteiger partial charge in [0, 0.05) is 23.5 Å². The molecular weight excluding hydrogens is 336 g/mol. The Kier molecular flexibility index (Phi) is 4.67. The minimum Gasteiger partial charge on any atom is -0.361 e. The number of nitrogens with zero attached hydrogens (tertiary/aromatic N) is 3. The lowest BCUT2D eigenvalue weighted by molar-refractivity contribution is 0.0593. The van der Waals surface area contributed by atoms with Crippen molar-refractivity contribution in [3.8, 4) is 0 Å². The third kappa shape index (κ3) is 3.33. The van der Waals surface area contributed by atoms with E-state index in [1.807, 2.05) is 64.4 Å². The fraction of sp³-hybridized carbons (Fsp3) is 0.273. The van der Waals surface area contributed by atoms with E-state index in [1.165, 1.54) is 5.56 Å². The van der Waals surface area contributed by atoms with Crippen molar-refractivity contribution in [2.45, 2.75) is 39.0 Å². The average Bonchev–Trinajstić information content (AvgIpc) is 3.16. The zero-order chi connectivity index (χ0) is 18.8. The van der Waals surface area contributed by atoms with Crippen LogP contribution in [0.25, 0.3) is 0 Å². The second kappa shape index (κ2) is 7.27. The summed E-state index contributed by atoms with van der Waals surface area (Å²) >= 11 is 0. The number of anilines is 1. The first kappa shape index (κ1) is 17.3. The lowest BCUT2D eigenvalue weighted by Gasteiger charge is -2.41. The Labute approximate surface area is 159 Å². The Morgan fingerprint density at radius 3 is 2.63 bits per heavy atom. The minimum atomic E-state index is -0.216. The highest BCUT2D eigenvalue weighted by Gasteiger charge is 2.35.